The zero-order chi connectivity index (χ0) is 15.9. The number of hydrogen-bond acceptors (Lipinski definition) is 4. The van der Waals surface area contributed by atoms with Crippen molar-refractivity contribution in [1.82, 2.24) is 0 Å². The maximum atomic E-state index is 11.6. The fraction of sp³-hybridized carbons (Fsp3) is 0.211. The van der Waals surface area contributed by atoms with E-state index in [1.165, 1.54) is 17.2 Å². The second-order valence-corrected chi connectivity index (χ2v) is 6.33. The van der Waals surface area contributed by atoms with Gasteiger partial charge in [0.15, 0.2) is 5.43 Å². The number of rotatable bonds is 7. The minimum atomic E-state index is -0.0317. The molecule has 1 aromatic heterocycles. The lowest BCUT2D eigenvalue weighted by molar-refractivity contribution is 0.310. The van der Waals surface area contributed by atoms with Crippen LogP contribution in [0.5, 0.6) is 5.75 Å². The first-order valence-electron chi connectivity index (χ1n) is 7.65. The largest absolute Gasteiger partial charge is 0.493 e. The predicted molar refractivity (Wildman–Crippen MR) is 94.4 cm³/mol. The highest BCUT2D eigenvalue weighted by atomic mass is 32.2. The van der Waals surface area contributed by atoms with Gasteiger partial charge in [-0.25, -0.2) is 0 Å². The number of thioether (sulfide) groups is 1. The minimum absolute atomic E-state index is 0.0317. The molecule has 0 bridgehead atoms. The van der Waals surface area contributed by atoms with Crippen molar-refractivity contribution in [2.75, 3.05) is 12.4 Å². The van der Waals surface area contributed by atoms with E-state index in [4.69, 9.17) is 9.15 Å². The van der Waals surface area contributed by atoms with Crippen LogP contribution in [-0.4, -0.2) is 12.4 Å². The van der Waals surface area contributed by atoms with E-state index in [1.807, 2.05) is 23.9 Å². The van der Waals surface area contributed by atoms with Gasteiger partial charge in [-0.2, -0.15) is 0 Å². The van der Waals surface area contributed by atoms with Gasteiger partial charge in [0.2, 0.25) is 0 Å². The van der Waals surface area contributed by atoms with E-state index in [2.05, 4.69) is 24.3 Å². The maximum absolute atomic E-state index is 11.6. The van der Waals surface area contributed by atoms with Crippen molar-refractivity contribution in [1.29, 1.82) is 0 Å². The van der Waals surface area contributed by atoms with Crippen LogP contribution < -0.4 is 10.2 Å². The lowest BCUT2D eigenvalue weighted by atomic mass is 10.2. The average Bonchev–Trinajstić information content (AvgIpc) is 2.59. The van der Waals surface area contributed by atoms with E-state index < -0.39 is 0 Å². The van der Waals surface area contributed by atoms with Gasteiger partial charge in [0.25, 0.3) is 0 Å². The molecule has 0 saturated carbocycles. The van der Waals surface area contributed by atoms with Gasteiger partial charge in [-0.1, -0.05) is 18.2 Å². The Morgan fingerprint density at radius 2 is 1.87 bits per heavy atom. The molecular weight excluding hydrogens is 308 g/mol. The summed E-state index contributed by atoms with van der Waals surface area (Å²) in [6, 6.07) is 17.2. The van der Waals surface area contributed by atoms with Gasteiger partial charge in [-0.15, -0.1) is 11.8 Å². The molecule has 2 aromatic carbocycles. The molecule has 118 valence electrons. The molecule has 0 saturated heterocycles. The quantitative estimate of drug-likeness (QED) is 0.464. The SMILES string of the molecule is O=c1ccoc2cc(OCCCCSc3ccccc3)ccc12. The Balaban J connectivity index is 1.43. The van der Waals surface area contributed by atoms with Crippen molar-refractivity contribution >= 4 is 22.7 Å². The van der Waals surface area contributed by atoms with Gasteiger partial charge in [0.1, 0.15) is 11.3 Å². The molecule has 0 spiro atoms. The summed E-state index contributed by atoms with van der Waals surface area (Å²) in [5, 5.41) is 0.583. The van der Waals surface area contributed by atoms with Crippen molar-refractivity contribution in [2.45, 2.75) is 17.7 Å². The summed E-state index contributed by atoms with van der Waals surface area (Å²) >= 11 is 1.86. The van der Waals surface area contributed by atoms with Crippen LogP contribution in [0.15, 0.2) is 75.0 Å². The van der Waals surface area contributed by atoms with Gasteiger partial charge in [-0.3, -0.25) is 4.79 Å². The van der Waals surface area contributed by atoms with Gasteiger partial charge in [0, 0.05) is 17.0 Å². The van der Waals surface area contributed by atoms with Gasteiger partial charge in [0.05, 0.1) is 18.3 Å². The molecular formula is C19H18O3S. The molecule has 0 aliphatic heterocycles. The third kappa shape index (κ3) is 4.39. The first-order chi connectivity index (χ1) is 11.3. The van der Waals surface area contributed by atoms with Crippen LogP contribution in [0.3, 0.4) is 0 Å². The Morgan fingerprint density at radius 3 is 2.74 bits per heavy atom. The summed E-state index contributed by atoms with van der Waals surface area (Å²) in [4.78, 5) is 12.9. The van der Waals surface area contributed by atoms with E-state index in [0.717, 1.165) is 24.3 Å². The highest BCUT2D eigenvalue weighted by Crippen LogP contribution is 2.20. The highest BCUT2D eigenvalue weighted by Gasteiger charge is 2.02. The van der Waals surface area contributed by atoms with Gasteiger partial charge >= 0.3 is 0 Å². The minimum Gasteiger partial charge on any atom is -0.493 e. The normalized spacial score (nSPS) is 10.8. The molecule has 0 amide bonds. The monoisotopic (exact) mass is 326 g/mol. The molecule has 23 heavy (non-hydrogen) atoms. The maximum Gasteiger partial charge on any atom is 0.192 e. The number of hydrogen-bond donors (Lipinski definition) is 0. The Hall–Kier alpha value is -2.20. The third-order valence-corrected chi connectivity index (χ3v) is 4.55. The molecule has 0 unspecified atom stereocenters. The molecule has 0 aliphatic rings. The first kappa shape index (κ1) is 15.7. The zero-order valence-electron chi connectivity index (χ0n) is 12.7. The van der Waals surface area contributed by atoms with Crippen LogP contribution in [0, 0.1) is 0 Å². The summed E-state index contributed by atoms with van der Waals surface area (Å²) in [6.45, 7) is 0.665. The fourth-order valence-corrected chi connectivity index (χ4v) is 3.19. The van der Waals surface area contributed by atoms with E-state index in [-0.39, 0.29) is 5.43 Å². The van der Waals surface area contributed by atoms with Crippen LogP contribution in [0.1, 0.15) is 12.8 Å². The molecule has 3 nitrogen and oxygen atoms in total. The van der Waals surface area contributed by atoms with Crippen molar-refractivity contribution in [3.05, 3.63) is 71.1 Å². The van der Waals surface area contributed by atoms with Crippen LogP contribution >= 0.6 is 11.8 Å². The smallest absolute Gasteiger partial charge is 0.192 e. The number of ether oxygens (including phenoxy) is 1. The number of unbranched alkanes of at least 4 members (excludes halogenated alkanes) is 1. The first-order valence-corrected chi connectivity index (χ1v) is 8.64. The van der Waals surface area contributed by atoms with E-state index in [1.54, 1.807) is 12.1 Å². The third-order valence-electron chi connectivity index (χ3n) is 3.45. The fourth-order valence-electron chi connectivity index (χ4n) is 2.25. The van der Waals surface area contributed by atoms with E-state index in [0.29, 0.717) is 17.6 Å². The zero-order valence-corrected chi connectivity index (χ0v) is 13.6. The Labute approximate surface area is 139 Å². The Bertz CT molecular complexity index is 811. The lowest BCUT2D eigenvalue weighted by Crippen LogP contribution is -2.00. The van der Waals surface area contributed by atoms with Gasteiger partial charge < -0.3 is 9.15 Å². The summed E-state index contributed by atoms with van der Waals surface area (Å²) < 4.78 is 11.1. The number of fused-ring (bicyclic) bond motifs is 1. The molecule has 0 fully saturated rings. The second kappa shape index (κ2) is 7.88. The standard InChI is InChI=1S/C19H18O3S/c20-18-10-12-22-19-14-15(8-9-17(18)19)21-11-4-5-13-23-16-6-2-1-3-7-16/h1-3,6-10,12,14H,4-5,11,13H2. The van der Waals surface area contributed by atoms with E-state index >= 15 is 0 Å². The van der Waals surface area contributed by atoms with Crippen LogP contribution in [0.4, 0.5) is 0 Å². The van der Waals surface area contributed by atoms with E-state index in [9.17, 15) is 4.79 Å². The molecule has 0 atom stereocenters. The van der Waals surface area contributed by atoms with Gasteiger partial charge in [-0.05, 0) is 42.9 Å². The summed E-state index contributed by atoms with van der Waals surface area (Å²) in [6.07, 6.45) is 3.51. The lowest BCUT2D eigenvalue weighted by Gasteiger charge is -2.06. The average molecular weight is 326 g/mol. The summed E-state index contributed by atoms with van der Waals surface area (Å²) in [5.74, 6) is 1.82. The second-order valence-electron chi connectivity index (χ2n) is 5.16. The highest BCUT2D eigenvalue weighted by molar-refractivity contribution is 7.99. The molecule has 4 heteroatoms. The van der Waals surface area contributed by atoms with Crippen LogP contribution in [0.2, 0.25) is 0 Å². The molecule has 1 heterocycles. The van der Waals surface area contributed by atoms with Crippen molar-refractivity contribution < 1.29 is 9.15 Å². The Kier molecular flexibility index (Phi) is 5.37. The number of benzene rings is 2. The van der Waals surface area contributed by atoms with Crippen molar-refractivity contribution in [2.24, 2.45) is 0 Å². The van der Waals surface area contributed by atoms with Crippen molar-refractivity contribution in [3.8, 4) is 5.75 Å². The summed E-state index contributed by atoms with van der Waals surface area (Å²) in [7, 11) is 0. The summed E-state index contributed by atoms with van der Waals surface area (Å²) in [5.41, 5.74) is 0.533. The van der Waals surface area contributed by atoms with Crippen LogP contribution in [-0.2, 0) is 0 Å². The topological polar surface area (TPSA) is 39.4 Å². The Morgan fingerprint density at radius 1 is 1.00 bits per heavy atom. The molecule has 0 radical (unpaired) electrons. The molecule has 3 aromatic rings. The molecule has 0 aliphatic carbocycles. The molecule has 3 rings (SSSR count). The van der Waals surface area contributed by atoms with Crippen molar-refractivity contribution in [3.63, 3.8) is 0 Å². The predicted octanol–water partition coefficient (Wildman–Crippen LogP) is 4.74. The molecule has 0 N–H and O–H groups in total. The van der Waals surface area contributed by atoms with Crippen LogP contribution in [0.25, 0.3) is 11.0 Å².